The molecule has 1 aliphatic heterocycles. The Kier molecular flexibility index (Phi) is 7.41. The number of aliphatic carboxylic acids is 1. The molecule has 2 heterocycles. The first-order valence-corrected chi connectivity index (χ1v) is 12.4. The Labute approximate surface area is 221 Å². The maximum atomic E-state index is 13.3. The van der Waals surface area contributed by atoms with E-state index in [0.29, 0.717) is 41.2 Å². The van der Waals surface area contributed by atoms with Gasteiger partial charge in [0.1, 0.15) is 5.75 Å². The normalized spacial score (nSPS) is 18.3. The lowest BCUT2D eigenvalue weighted by molar-refractivity contribution is -0.274. The van der Waals surface area contributed by atoms with Gasteiger partial charge in [0.15, 0.2) is 0 Å². The van der Waals surface area contributed by atoms with Crippen LogP contribution in [0, 0.1) is 18.8 Å². The molecule has 1 saturated heterocycles. The Morgan fingerprint density at radius 3 is 2.51 bits per heavy atom. The summed E-state index contributed by atoms with van der Waals surface area (Å²) in [6.07, 6.45) is -4.21. The largest absolute Gasteiger partial charge is 0.573 e. The molecule has 0 bridgehead atoms. The van der Waals surface area contributed by atoms with E-state index in [2.05, 4.69) is 4.74 Å². The number of amides is 1. The number of fused-ring (bicyclic) bond motifs is 1. The van der Waals surface area contributed by atoms with Gasteiger partial charge in [0.25, 0.3) is 5.91 Å². The van der Waals surface area contributed by atoms with E-state index in [1.54, 1.807) is 42.5 Å². The molecule has 1 fully saturated rings. The fourth-order valence-electron chi connectivity index (χ4n) is 4.97. The number of piperidine rings is 1. The predicted molar refractivity (Wildman–Crippen MR) is 134 cm³/mol. The van der Waals surface area contributed by atoms with Gasteiger partial charge in [0.2, 0.25) is 0 Å². The van der Waals surface area contributed by atoms with Gasteiger partial charge in [-0.25, -0.2) is 0 Å². The third-order valence-corrected chi connectivity index (χ3v) is 7.75. The lowest BCUT2D eigenvalue weighted by Crippen LogP contribution is -2.45. The van der Waals surface area contributed by atoms with Crippen molar-refractivity contribution in [3.8, 4) is 5.75 Å². The lowest BCUT2D eigenvalue weighted by atomic mass is 9.86. The maximum Gasteiger partial charge on any atom is 0.573 e. The van der Waals surface area contributed by atoms with Gasteiger partial charge in [0, 0.05) is 48.7 Å². The minimum absolute atomic E-state index is 0.189. The highest BCUT2D eigenvalue weighted by molar-refractivity contribution is 6.38. The highest BCUT2D eigenvalue weighted by Gasteiger charge is 2.34. The summed E-state index contributed by atoms with van der Waals surface area (Å²) >= 11 is 13.2. The van der Waals surface area contributed by atoms with Crippen molar-refractivity contribution >= 4 is 46.0 Å². The molecule has 37 heavy (non-hydrogen) atoms. The first kappa shape index (κ1) is 27.1. The topological polar surface area (TPSA) is 71.8 Å². The van der Waals surface area contributed by atoms with E-state index >= 15 is 0 Å². The molecule has 0 saturated carbocycles. The zero-order chi connectivity index (χ0) is 27.2. The molecule has 4 rings (SSSR count). The van der Waals surface area contributed by atoms with Crippen molar-refractivity contribution in [3.63, 3.8) is 0 Å². The average molecular weight is 557 g/mol. The summed E-state index contributed by atoms with van der Waals surface area (Å²) < 4.78 is 44.1. The van der Waals surface area contributed by atoms with Crippen LogP contribution in [0.2, 0.25) is 10.0 Å². The summed E-state index contributed by atoms with van der Waals surface area (Å²) in [7, 11) is 1.72. The molecule has 1 aliphatic rings. The van der Waals surface area contributed by atoms with Crippen molar-refractivity contribution in [2.75, 3.05) is 13.1 Å². The van der Waals surface area contributed by atoms with Crippen molar-refractivity contribution in [2.45, 2.75) is 33.1 Å². The van der Waals surface area contributed by atoms with E-state index in [1.165, 1.54) is 12.1 Å². The molecule has 11 heteroatoms. The zero-order valence-electron chi connectivity index (χ0n) is 20.3. The number of rotatable bonds is 5. The number of carbonyl (C=O) groups excluding carboxylic acids is 1. The van der Waals surface area contributed by atoms with Crippen LogP contribution in [-0.4, -0.2) is 45.9 Å². The number of carboxylic acids is 1. The SMILES string of the molecule is Cc1cc(OC(F)(F)F)cc2c1cc(Cc1c(Cl)ccc(C(=O)N3CC[C@H](C(=O)O)[C@H](C)C3)c1Cl)n2C. The summed E-state index contributed by atoms with van der Waals surface area (Å²) in [5, 5.41) is 10.7. The van der Waals surface area contributed by atoms with Gasteiger partial charge in [-0.05, 0) is 54.7 Å². The number of nitrogens with zero attached hydrogens (tertiary/aromatic N) is 2. The van der Waals surface area contributed by atoms with Crippen LogP contribution < -0.4 is 4.74 Å². The Morgan fingerprint density at radius 1 is 1.19 bits per heavy atom. The second kappa shape index (κ2) is 10.1. The molecule has 0 aliphatic carbocycles. The number of hydrogen-bond acceptors (Lipinski definition) is 3. The number of benzene rings is 2. The van der Waals surface area contributed by atoms with Crippen molar-refractivity contribution < 1.29 is 32.6 Å². The van der Waals surface area contributed by atoms with Crippen LogP contribution in [0.4, 0.5) is 13.2 Å². The Balaban J connectivity index is 1.64. The van der Waals surface area contributed by atoms with Gasteiger partial charge in [0.05, 0.1) is 22.0 Å². The number of aryl methyl sites for hydroxylation is 2. The second-order valence-electron chi connectivity index (χ2n) is 9.44. The number of hydrogen-bond donors (Lipinski definition) is 1. The highest BCUT2D eigenvalue weighted by Crippen LogP contribution is 2.35. The van der Waals surface area contributed by atoms with Crippen LogP contribution in [0.5, 0.6) is 5.75 Å². The van der Waals surface area contributed by atoms with Crippen LogP contribution in [0.1, 0.15) is 40.5 Å². The lowest BCUT2D eigenvalue weighted by Gasteiger charge is -2.35. The molecular weight excluding hydrogens is 532 g/mol. The summed E-state index contributed by atoms with van der Waals surface area (Å²) in [5.74, 6) is -2.19. The molecule has 2 aromatic carbocycles. The monoisotopic (exact) mass is 556 g/mol. The number of alkyl halides is 3. The van der Waals surface area contributed by atoms with Crippen molar-refractivity contribution in [1.82, 2.24) is 9.47 Å². The molecule has 3 aromatic rings. The molecule has 0 radical (unpaired) electrons. The number of likely N-dealkylation sites (tertiary alicyclic amines) is 1. The second-order valence-corrected chi connectivity index (χ2v) is 10.2. The van der Waals surface area contributed by atoms with Gasteiger partial charge in [-0.3, -0.25) is 9.59 Å². The quantitative estimate of drug-likeness (QED) is 0.391. The van der Waals surface area contributed by atoms with E-state index in [4.69, 9.17) is 23.2 Å². The smallest absolute Gasteiger partial charge is 0.481 e. The molecule has 2 atom stereocenters. The third kappa shape index (κ3) is 5.52. The molecule has 6 nitrogen and oxygen atoms in total. The van der Waals surface area contributed by atoms with Gasteiger partial charge < -0.3 is 19.3 Å². The van der Waals surface area contributed by atoms with Crippen molar-refractivity contribution in [2.24, 2.45) is 18.9 Å². The zero-order valence-corrected chi connectivity index (χ0v) is 21.8. The van der Waals surface area contributed by atoms with E-state index in [0.717, 1.165) is 11.1 Å². The van der Waals surface area contributed by atoms with Crippen molar-refractivity contribution in [3.05, 3.63) is 62.8 Å². The number of carbonyl (C=O) groups is 2. The van der Waals surface area contributed by atoms with Crippen LogP contribution in [-0.2, 0) is 18.3 Å². The van der Waals surface area contributed by atoms with E-state index in [1.807, 2.05) is 6.07 Å². The Bertz CT molecular complexity index is 1390. The van der Waals surface area contributed by atoms with E-state index < -0.39 is 18.2 Å². The molecule has 1 amide bonds. The molecule has 198 valence electrons. The summed E-state index contributed by atoms with van der Waals surface area (Å²) in [4.78, 5) is 26.3. The molecular formula is C26H25Cl2F3N2O4. The van der Waals surface area contributed by atoms with E-state index in [-0.39, 0.29) is 34.6 Å². The first-order valence-electron chi connectivity index (χ1n) is 11.6. The summed E-state index contributed by atoms with van der Waals surface area (Å²) in [6, 6.07) is 7.64. The molecule has 1 aromatic heterocycles. The van der Waals surface area contributed by atoms with Crippen molar-refractivity contribution in [1.29, 1.82) is 0 Å². The van der Waals surface area contributed by atoms with Crippen LogP contribution >= 0.6 is 23.2 Å². The van der Waals surface area contributed by atoms with Crippen LogP contribution in [0.15, 0.2) is 30.3 Å². The molecule has 0 spiro atoms. The predicted octanol–water partition coefficient (Wildman–Crippen LogP) is 6.47. The van der Waals surface area contributed by atoms with Gasteiger partial charge >= 0.3 is 12.3 Å². The first-order chi connectivity index (χ1) is 17.3. The third-order valence-electron chi connectivity index (χ3n) is 6.96. The van der Waals surface area contributed by atoms with Crippen LogP contribution in [0.3, 0.4) is 0 Å². The van der Waals surface area contributed by atoms with Gasteiger partial charge in [-0.15, -0.1) is 13.2 Å². The van der Waals surface area contributed by atoms with Crippen LogP contribution in [0.25, 0.3) is 10.9 Å². The van der Waals surface area contributed by atoms with E-state index in [9.17, 15) is 27.9 Å². The molecule has 1 N–H and O–H groups in total. The standard InChI is InChI=1S/C26H25Cl2F3N2O4/c1-13-8-16(37-26(29,30)31)11-22-19(13)9-15(32(22)3)10-20-21(27)5-4-18(23(20)28)24(34)33-7-6-17(25(35)36)14(2)12-33/h4-5,8-9,11,14,17H,6-7,10,12H2,1-3H3,(H,35,36)/t14-,17+/m1/s1. The average Bonchev–Trinajstić information content (AvgIpc) is 3.10. The Morgan fingerprint density at radius 2 is 1.89 bits per heavy atom. The number of halogens is 5. The fraction of sp³-hybridized carbons (Fsp3) is 0.385. The Hall–Kier alpha value is -2.91. The number of carboxylic acid groups (broad SMARTS) is 1. The minimum Gasteiger partial charge on any atom is -0.481 e. The fourth-order valence-corrected chi connectivity index (χ4v) is 5.55. The highest BCUT2D eigenvalue weighted by atomic mass is 35.5. The number of ether oxygens (including phenoxy) is 1. The number of aromatic nitrogens is 1. The summed E-state index contributed by atoms with van der Waals surface area (Å²) in [5.41, 5.74) is 2.66. The molecule has 0 unspecified atom stereocenters. The van der Waals surface area contributed by atoms with Gasteiger partial charge in [-0.1, -0.05) is 30.1 Å². The van der Waals surface area contributed by atoms with Gasteiger partial charge in [-0.2, -0.15) is 0 Å². The summed E-state index contributed by atoms with van der Waals surface area (Å²) in [6.45, 7) is 4.11. The maximum absolute atomic E-state index is 13.3. The minimum atomic E-state index is -4.80.